The van der Waals surface area contributed by atoms with Gasteiger partial charge in [0.25, 0.3) is 0 Å². The van der Waals surface area contributed by atoms with E-state index in [1.165, 1.54) is 4.88 Å². The van der Waals surface area contributed by atoms with Gasteiger partial charge in [-0.05, 0) is 48.9 Å². The zero-order valence-corrected chi connectivity index (χ0v) is 12.7. The third-order valence-corrected chi connectivity index (χ3v) is 5.21. The summed E-state index contributed by atoms with van der Waals surface area (Å²) in [6, 6.07) is 11.7. The lowest BCUT2D eigenvalue weighted by molar-refractivity contribution is 0.287. The van der Waals surface area contributed by atoms with Crippen molar-refractivity contribution in [3.63, 3.8) is 0 Å². The molecule has 3 rings (SSSR count). The first-order valence-electron chi connectivity index (χ1n) is 6.94. The number of nitrogens with one attached hydrogen (secondary N) is 1. The minimum atomic E-state index is -0.0656. The highest BCUT2D eigenvalue weighted by Crippen LogP contribution is 2.37. The number of hydrogen-bond acceptors (Lipinski definition) is 2. The first-order valence-corrected chi connectivity index (χ1v) is 8.14. The second-order valence-electron chi connectivity index (χ2n) is 5.30. The van der Waals surface area contributed by atoms with Gasteiger partial charge in [-0.3, -0.25) is 0 Å². The molecule has 1 heterocycles. The molecule has 4 heteroatoms. The molecule has 1 aliphatic carbocycles. The summed E-state index contributed by atoms with van der Waals surface area (Å²) in [7, 11) is 0. The average Bonchev–Trinajstić information content (AvgIpc) is 2.79. The maximum atomic E-state index is 13.6. The van der Waals surface area contributed by atoms with E-state index in [1.54, 1.807) is 23.5 Å². The highest BCUT2D eigenvalue weighted by molar-refractivity contribution is 7.16. The van der Waals surface area contributed by atoms with Crippen LogP contribution in [0.3, 0.4) is 0 Å². The van der Waals surface area contributed by atoms with Gasteiger partial charge in [0.05, 0.1) is 4.34 Å². The van der Waals surface area contributed by atoms with Crippen LogP contribution in [0, 0.1) is 5.82 Å². The molecule has 1 aromatic heterocycles. The van der Waals surface area contributed by atoms with Gasteiger partial charge >= 0.3 is 0 Å². The van der Waals surface area contributed by atoms with Gasteiger partial charge in [0.1, 0.15) is 5.82 Å². The lowest BCUT2D eigenvalue weighted by Crippen LogP contribution is -2.41. The Bertz CT molecular complexity index is 577. The predicted octanol–water partition coefficient (Wildman–Crippen LogP) is 4.62. The normalized spacial score (nSPS) is 21.7. The Morgan fingerprint density at radius 1 is 1.20 bits per heavy atom. The first-order chi connectivity index (χ1) is 9.72. The molecule has 1 aliphatic rings. The predicted molar refractivity (Wildman–Crippen MR) is 83.2 cm³/mol. The van der Waals surface area contributed by atoms with Crippen LogP contribution in [0.1, 0.15) is 29.2 Å². The maximum absolute atomic E-state index is 13.6. The fourth-order valence-electron chi connectivity index (χ4n) is 2.73. The molecule has 20 heavy (non-hydrogen) atoms. The Labute approximate surface area is 127 Å². The molecule has 1 N–H and O–H groups in total. The standard InChI is InChI=1S/C16H17ClFNS/c17-16-6-5-13(20-16)7-8-19-12-9-11(10-12)14-3-1-2-4-15(14)18/h1-6,11-12,19H,7-10H2. The van der Waals surface area contributed by atoms with Crippen LogP contribution >= 0.6 is 22.9 Å². The highest BCUT2D eigenvalue weighted by atomic mass is 35.5. The van der Waals surface area contributed by atoms with E-state index in [1.807, 2.05) is 18.2 Å². The Hall–Kier alpha value is -0.900. The van der Waals surface area contributed by atoms with Crippen molar-refractivity contribution in [3.8, 4) is 0 Å². The minimum Gasteiger partial charge on any atom is -0.314 e. The molecule has 0 unspecified atom stereocenters. The van der Waals surface area contributed by atoms with Crippen LogP contribution in [-0.4, -0.2) is 12.6 Å². The van der Waals surface area contributed by atoms with Gasteiger partial charge in [-0.25, -0.2) is 4.39 Å². The molecule has 0 amide bonds. The van der Waals surface area contributed by atoms with Crippen LogP contribution in [0.15, 0.2) is 36.4 Å². The quantitative estimate of drug-likeness (QED) is 0.850. The molecule has 106 valence electrons. The van der Waals surface area contributed by atoms with Crippen LogP contribution < -0.4 is 5.32 Å². The summed E-state index contributed by atoms with van der Waals surface area (Å²) in [5, 5.41) is 3.54. The smallest absolute Gasteiger partial charge is 0.126 e. The van der Waals surface area contributed by atoms with E-state index in [2.05, 4.69) is 11.4 Å². The van der Waals surface area contributed by atoms with Crippen LogP contribution in [0.2, 0.25) is 4.34 Å². The third-order valence-electron chi connectivity index (χ3n) is 3.92. The monoisotopic (exact) mass is 309 g/mol. The van der Waals surface area contributed by atoms with E-state index in [0.717, 1.165) is 35.7 Å². The van der Waals surface area contributed by atoms with E-state index >= 15 is 0 Å². The van der Waals surface area contributed by atoms with Crippen LogP contribution in [0.4, 0.5) is 4.39 Å². The van der Waals surface area contributed by atoms with Crippen molar-refractivity contribution < 1.29 is 4.39 Å². The van der Waals surface area contributed by atoms with Crippen molar-refractivity contribution >= 4 is 22.9 Å². The molecule has 0 spiro atoms. The summed E-state index contributed by atoms with van der Waals surface area (Å²) in [6.07, 6.45) is 3.08. The summed E-state index contributed by atoms with van der Waals surface area (Å²) in [4.78, 5) is 1.31. The van der Waals surface area contributed by atoms with E-state index in [0.29, 0.717) is 12.0 Å². The molecular weight excluding hydrogens is 293 g/mol. The van der Waals surface area contributed by atoms with Gasteiger partial charge in [-0.1, -0.05) is 29.8 Å². The Kier molecular flexibility index (Phi) is 4.39. The van der Waals surface area contributed by atoms with E-state index in [9.17, 15) is 4.39 Å². The number of thiophene rings is 1. The SMILES string of the molecule is Fc1ccccc1C1CC(NCCc2ccc(Cl)s2)C1. The highest BCUT2D eigenvalue weighted by Gasteiger charge is 2.31. The van der Waals surface area contributed by atoms with Gasteiger partial charge in [0.2, 0.25) is 0 Å². The first kappa shape index (κ1) is 14.1. The topological polar surface area (TPSA) is 12.0 Å². The van der Waals surface area contributed by atoms with Gasteiger partial charge in [0.15, 0.2) is 0 Å². The molecule has 1 fully saturated rings. The van der Waals surface area contributed by atoms with Gasteiger partial charge in [-0.2, -0.15) is 0 Å². The Balaban J connectivity index is 1.41. The lowest BCUT2D eigenvalue weighted by Gasteiger charge is -2.36. The molecule has 1 nitrogen and oxygen atoms in total. The summed E-state index contributed by atoms with van der Waals surface area (Å²) in [5.41, 5.74) is 0.871. The van der Waals surface area contributed by atoms with Crippen molar-refractivity contribution in [1.82, 2.24) is 5.32 Å². The molecule has 0 saturated heterocycles. The zero-order chi connectivity index (χ0) is 13.9. The minimum absolute atomic E-state index is 0.0656. The van der Waals surface area contributed by atoms with E-state index in [4.69, 9.17) is 11.6 Å². The molecule has 0 radical (unpaired) electrons. The number of hydrogen-bond donors (Lipinski definition) is 1. The molecule has 0 atom stereocenters. The maximum Gasteiger partial charge on any atom is 0.126 e. The zero-order valence-electron chi connectivity index (χ0n) is 11.1. The van der Waals surface area contributed by atoms with Gasteiger partial charge in [-0.15, -0.1) is 11.3 Å². The fraction of sp³-hybridized carbons (Fsp3) is 0.375. The van der Waals surface area contributed by atoms with Crippen molar-refractivity contribution in [2.45, 2.75) is 31.2 Å². The van der Waals surface area contributed by atoms with Crippen molar-refractivity contribution in [2.75, 3.05) is 6.54 Å². The second kappa shape index (κ2) is 6.25. The third kappa shape index (κ3) is 3.22. The second-order valence-corrected chi connectivity index (χ2v) is 7.10. The van der Waals surface area contributed by atoms with Crippen LogP contribution in [0.5, 0.6) is 0 Å². The molecule has 1 saturated carbocycles. The van der Waals surface area contributed by atoms with Crippen LogP contribution in [-0.2, 0) is 6.42 Å². The average molecular weight is 310 g/mol. The summed E-state index contributed by atoms with van der Waals surface area (Å²) in [5.74, 6) is 0.314. The van der Waals surface area contributed by atoms with Gasteiger partial charge in [0, 0.05) is 17.5 Å². The van der Waals surface area contributed by atoms with Crippen molar-refractivity contribution in [3.05, 3.63) is 57.0 Å². The molecule has 1 aromatic carbocycles. The van der Waals surface area contributed by atoms with E-state index in [-0.39, 0.29) is 5.82 Å². The van der Waals surface area contributed by atoms with E-state index < -0.39 is 0 Å². The number of benzene rings is 1. The largest absolute Gasteiger partial charge is 0.314 e. The Morgan fingerprint density at radius 3 is 2.70 bits per heavy atom. The lowest BCUT2D eigenvalue weighted by atomic mass is 9.75. The summed E-state index contributed by atoms with van der Waals surface area (Å²) in [6.45, 7) is 0.964. The molecule has 2 aromatic rings. The fourth-order valence-corrected chi connectivity index (χ4v) is 3.82. The van der Waals surface area contributed by atoms with Crippen molar-refractivity contribution in [1.29, 1.82) is 0 Å². The Morgan fingerprint density at radius 2 is 2.00 bits per heavy atom. The number of halogens is 2. The summed E-state index contributed by atoms with van der Waals surface area (Å²) < 4.78 is 14.5. The molecule has 0 bridgehead atoms. The van der Waals surface area contributed by atoms with Gasteiger partial charge < -0.3 is 5.32 Å². The van der Waals surface area contributed by atoms with Crippen LogP contribution in [0.25, 0.3) is 0 Å². The van der Waals surface area contributed by atoms with Crippen molar-refractivity contribution in [2.24, 2.45) is 0 Å². The molecular formula is C16H17ClFNS. The summed E-state index contributed by atoms with van der Waals surface area (Å²) >= 11 is 7.54. The number of rotatable bonds is 5. The molecule has 0 aliphatic heterocycles.